The van der Waals surface area contributed by atoms with E-state index in [2.05, 4.69) is 10.6 Å². The second kappa shape index (κ2) is 9.29. The van der Waals surface area contributed by atoms with Gasteiger partial charge in [0.1, 0.15) is 17.2 Å². The summed E-state index contributed by atoms with van der Waals surface area (Å²) < 4.78 is 33.3. The number of rotatable bonds is 5. The topological polar surface area (TPSA) is 108 Å². The minimum absolute atomic E-state index is 0.0585. The van der Waals surface area contributed by atoms with Crippen LogP contribution < -0.4 is 15.4 Å². The molecule has 0 aliphatic rings. The van der Waals surface area contributed by atoms with Crippen LogP contribution in [0, 0.1) is 11.6 Å². The van der Waals surface area contributed by atoms with Crippen LogP contribution in [-0.2, 0) is 0 Å². The molecule has 0 atom stereocenters. The Balaban J connectivity index is 1.92. The van der Waals surface area contributed by atoms with Gasteiger partial charge in [0.15, 0.2) is 11.6 Å². The number of ether oxygens (including phenoxy) is 1. The minimum atomic E-state index is -0.978. The van der Waals surface area contributed by atoms with Gasteiger partial charge in [-0.1, -0.05) is 23.2 Å². The summed E-state index contributed by atoms with van der Waals surface area (Å²) in [5.74, 6) is -4.42. The van der Waals surface area contributed by atoms with Crippen LogP contribution in [-0.4, -0.2) is 29.1 Å². The van der Waals surface area contributed by atoms with Gasteiger partial charge in [0, 0.05) is 29.8 Å². The average Bonchev–Trinajstić information content (AvgIpc) is 2.72. The second-order valence-electron chi connectivity index (χ2n) is 6.39. The number of hydrogen-bond donors (Lipinski definition) is 4. The number of anilines is 2. The first kappa shape index (κ1) is 23.1. The van der Waals surface area contributed by atoms with Crippen molar-refractivity contribution in [3.8, 4) is 17.2 Å². The molecule has 0 radical (unpaired) electrons. The summed E-state index contributed by atoms with van der Waals surface area (Å²) in [6.45, 7) is 0. The van der Waals surface area contributed by atoms with Crippen LogP contribution in [0.25, 0.3) is 0 Å². The molecule has 0 aliphatic carbocycles. The van der Waals surface area contributed by atoms with E-state index in [-0.39, 0.29) is 38.3 Å². The highest BCUT2D eigenvalue weighted by Crippen LogP contribution is 2.32. The Morgan fingerprint density at radius 2 is 1.34 bits per heavy atom. The van der Waals surface area contributed by atoms with Crippen molar-refractivity contribution >= 4 is 46.4 Å². The first-order valence-electron chi connectivity index (χ1n) is 8.77. The Labute approximate surface area is 190 Å². The molecule has 0 unspecified atom stereocenters. The van der Waals surface area contributed by atoms with Crippen LogP contribution in [0.4, 0.5) is 20.2 Å². The van der Waals surface area contributed by atoms with Crippen molar-refractivity contribution in [1.29, 1.82) is 0 Å². The molecule has 0 heterocycles. The van der Waals surface area contributed by atoms with Gasteiger partial charge in [-0.3, -0.25) is 9.59 Å². The molecule has 0 spiro atoms. The van der Waals surface area contributed by atoms with E-state index >= 15 is 0 Å². The zero-order valence-electron chi connectivity index (χ0n) is 16.2. The van der Waals surface area contributed by atoms with Crippen LogP contribution in [0.15, 0.2) is 42.5 Å². The predicted octanol–water partition coefficient (Wildman–Crippen LogP) is 5.20. The number of phenols is 2. The van der Waals surface area contributed by atoms with Gasteiger partial charge in [-0.2, -0.15) is 0 Å². The summed E-state index contributed by atoms with van der Waals surface area (Å²) in [6, 6.07) is 7.38. The standard InChI is InChI=1S/C21H14Cl2F2N2O5/c1-32-17-3-2-9(20(30)26-18-13(22)5-10(28)7-15(18)24)4-12(17)21(31)27-19-14(23)6-11(29)8-16(19)25/h2-8,28-29H,1H3,(H,26,30)(H,27,31). The molecular formula is C21H14Cl2F2N2O5. The maximum Gasteiger partial charge on any atom is 0.259 e. The molecule has 0 fully saturated rings. The second-order valence-corrected chi connectivity index (χ2v) is 7.21. The maximum absolute atomic E-state index is 14.1. The van der Waals surface area contributed by atoms with Crippen molar-refractivity contribution in [2.75, 3.05) is 17.7 Å². The van der Waals surface area contributed by atoms with Gasteiger partial charge in [-0.25, -0.2) is 8.78 Å². The van der Waals surface area contributed by atoms with Crippen LogP contribution in [0.1, 0.15) is 20.7 Å². The molecule has 7 nitrogen and oxygen atoms in total. The number of nitrogens with one attached hydrogen (secondary N) is 2. The first-order valence-corrected chi connectivity index (χ1v) is 9.53. The number of benzene rings is 3. The fourth-order valence-corrected chi connectivity index (χ4v) is 3.25. The summed E-state index contributed by atoms with van der Waals surface area (Å²) in [4.78, 5) is 25.3. The number of halogens is 4. The van der Waals surface area contributed by atoms with Gasteiger partial charge in [0.2, 0.25) is 0 Å². The third kappa shape index (κ3) is 4.84. The van der Waals surface area contributed by atoms with Crippen LogP contribution in [0.5, 0.6) is 17.2 Å². The number of carbonyl (C=O) groups excluding carboxylic acids is 2. The molecule has 0 aromatic heterocycles. The SMILES string of the molecule is COc1ccc(C(=O)Nc2c(F)cc(O)cc2Cl)cc1C(=O)Nc1c(F)cc(O)cc1Cl. The lowest BCUT2D eigenvalue weighted by Gasteiger charge is -2.13. The monoisotopic (exact) mass is 482 g/mol. The number of amides is 2. The number of aromatic hydroxyl groups is 2. The molecule has 0 bridgehead atoms. The lowest BCUT2D eigenvalue weighted by Crippen LogP contribution is -2.18. The Hall–Kier alpha value is -3.56. The van der Waals surface area contributed by atoms with E-state index < -0.39 is 34.9 Å². The minimum Gasteiger partial charge on any atom is -0.508 e. The number of hydrogen-bond acceptors (Lipinski definition) is 5. The van der Waals surface area contributed by atoms with E-state index in [0.717, 1.165) is 30.3 Å². The highest BCUT2D eigenvalue weighted by molar-refractivity contribution is 6.34. The molecule has 3 aromatic carbocycles. The smallest absolute Gasteiger partial charge is 0.259 e. The lowest BCUT2D eigenvalue weighted by molar-refractivity contribution is 0.102. The van der Waals surface area contributed by atoms with E-state index in [4.69, 9.17) is 27.9 Å². The molecule has 4 N–H and O–H groups in total. The largest absolute Gasteiger partial charge is 0.508 e. The summed E-state index contributed by atoms with van der Waals surface area (Å²) in [7, 11) is 1.28. The lowest BCUT2D eigenvalue weighted by atomic mass is 10.1. The summed E-state index contributed by atoms with van der Waals surface area (Å²) >= 11 is 11.7. The number of phenolic OH excluding ortho intramolecular Hbond substituents is 2. The fraction of sp³-hybridized carbons (Fsp3) is 0.0476. The molecular weight excluding hydrogens is 469 g/mol. The quantitative estimate of drug-likeness (QED) is 0.374. The van der Waals surface area contributed by atoms with Crippen molar-refractivity contribution in [3.05, 3.63) is 75.3 Å². The molecule has 11 heteroatoms. The highest BCUT2D eigenvalue weighted by atomic mass is 35.5. The highest BCUT2D eigenvalue weighted by Gasteiger charge is 2.20. The van der Waals surface area contributed by atoms with Gasteiger partial charge in [-0.05, 0) is 18.2 Å². The fourth-order valence-electron chi connectivity index (χ4n) is 2.75. The molecule has 0 saturated carbocycles. The molecule has 0 aliphatic heterocycles. The van der Waals surface area contributed by atoms with E-state index in [9.17, 15) is 28.6 Å². The Morgan fingerprint density at radius 1 is 0.844 bits per heavy atom. The van der Waals surface area contributed by atoms with E-state index in [1.165, 1.54) is 19.2 Å². The Bertz CT molecular complexity index is 1190. The summed E-state index contributed by atoms with van der Waals surface area (Å²) in [5, 5.41) is 22.8. The first-order chi connectivity index (χ1) is 15.1. The predicted molar refractivity (Wildman–Crippen MR) is 115 cm³/mol. The van der Waals surface area contributed by atoms with Gasteiger partial charge in [0.25, 0.3) is 11.8 Å². The molecule has 0 saturated heterocycles. The molecule has 3 rings (SSSR count). The Kier molecular flexibility index (Phi) is 6.71. The Morgan fingerprint density at radius 3 is 1.81 bits per heavy atom. The molecule has 2 amide bonds. The normalized spacial score (nSPS) is 10.5. The molecule has 166 valence electrons. The number of methoxy groups -OCH3 is 1. The van der Waals surface area contributed by atoms with Crippen molar-refractivity contribution in [2.45, 2.75) is 0 Å². The van der Waals surface area contributed by atoms with Gasteiger partial charge in [0.05, 0.1) is 34.1 Å². The van der Waals surface area contributed by atoms with Crippen LogP contribution >= 0.6 is 23.2 Å². The third-order valence-corrected chi connectivity index (χ3v) is 4.83. The molecule has 32 heavy (non-hydrogen) atoms. The average molecular weight is 483 g/mol. The van der Waals surface area contributed by atoms with Crippen LogP contribution in [0.3, 0.4) is 0 Å². The summed E-state index contributed by atoms with van der Waals surface area (Å²) in [6.07, 6.45) is 0. The maximum atomic E-state index is 14.1. The molecule has 3 aromatic rings. The van der Waals surface area contributed by atoms with Gasteiger partial charge in [-0.15, -0.1) is 0 Å². The van der Waals surface area contributed by atoms with E-state index in [0.29, 0.717) is 0 Å². The number of carbonyl (C=O) groups is 2. The van der Waals surface area contributed by atoms with E-state index in [1.807, 2.05) is 0 Å². The third-order valence-electron chi connectivity index (χ3n) is 4.24. The van der Waals surface area contributed by atoms with E-state index in [1.54, 1.807) is 0 Å². The summed E-state index contributed by atoms with van der Waals surface area (Å²) in [5.41, 5.74) is -0.976. The van der Waals surface area contributed by atoms with Gasteiger partial charge < -0.3 is 25.6 Å². The van der Waals surface area contributed by atoms with Crippen molar-refractivity contribution in [3.63, 3.8) is 0 Å². The zero-order valence-corrected chi connectivity index (χ0v) is 17.7. The van der Waals surface area contributed by atoms with Crippen LogP contribution in [0.2, 0.25) is 10.0 Å². The van der Waals surface area contributed by atoms with Crippen molar-refractivity contribution < 1.29 is 33.3 Å². The van der Waals surface area contributed by atoms with Crippen molar-refractivity contribution in [2.24, 2.45) is 0 Å². The zero-order chi connectivity index (χ0) is 23.6. The van der Waals surface area contributed by atoms with Gasteiger partial charge >= 0.3 is 0 Å². The van der Waals surface area contributed by atoms with Crippen molar-refractivity contribution in [1.82, 2.24) is 0 Å².